The Morgan fingerprint density at radius 3 is 3.05 bits per heavy atom. The average molecular weight is 280 g/mol. The lowest BCUT2D eigenvalue weighted by atomic mass is 9.95. The Labute approximate surface area is 120 Å². The molecule has 1 fully saturated rings. The van der Waals surface area contributed by atoms with Gasteiger partial charge in [-0.2, -0.15) is 0 Å². The first-order valence-corrected chi connectivity index (χ1v) is 7.91. The minimum atomic E-state index is 0.230. The minimum Gasteiger partial charge on any atom is -0.372 e. The van der Waals surface area contributed by atoms with Crippen LogP contribution in [-0.4, -0.2) is 36.5 Å². The van der Waals surface area contributed by atoms with E-state index in [1.54, 1.807) is 0 Å². The molecule has 2 heterocycles. The summed E-state index contributed by atoms with van der Waals surface area (Å²) >= 11 is 6.11. The number of alkyl halides is 1. The molecule has 0 aliphatic carbocycles. The van der Waals surface area contributed by atoms with Gasteiger partial charge in [0.15, 0.2) is 0 Å². The zero-order valence-electron chi connectivity index (χ0n) is 11.4. The molecule has 2 atom stereocenters. The molecule has 19 heavy (non-hydrogen) atoms. The highest BCUT2D eigenvalue weighted by Gasteiger charge is 2.27. The molecule has 0 radical (unpaired) electrons. The van der Waals surface area contributed by atoms with Gasteiger partial charge in [0.25, 0.3) is 0 Å². The van der Waals surface area contributed by atoms with Gasteiger partial charge >= 0.3 is 0 Å². The van der Waals surface area contributed by atoms with E-state index < -0.39 is 0 Å². The first-order valence-electron chi connectivity index (χ1n) is 7.38. The van der Waals surface area contributed by atoms with Gasteiger partial charge < -0.3 is 4.74 Å². The van der Waals surface area contributed by atoms with Crippen LogP contribution in [0, 0.1) is 0 Å². The van der Waals surface area contributed by atoms with Gasteiger partial charge in [-0.1, -0.05) is 30.7 Å². The molecule has 3 heteroatoms. The van der Waals surface area contributed by atoms with Crippen LogP contribution in [0.15, 0.2) is 24.3 Å². The molecule has 1 saturated heterocycles. The molecule has 2 nitrogen and oxygen atoms in total. The van der Waals surface area contributed by atoms with Crippen molar-refractivity contribution >= 4 is 11.6 Å². The van der Waals surface area contributed by atoms with E-state index >= 15 is 0 Å². The fraction of sp³-hybridized carbons (Fsp3) is 0.625. The van der Waals surface area contributed by atoms with Crippen molar-refractivity contribution < 1.29 is 4.74 Å². The van der Waals surface area contributed by atoms with Crippen LogP contribution in [0.1, 0.15) is 36.5 Å². The number of halogens is 1. The van der Waals surface area contributed by atoms with Gasteiger partial charge in [-0.25, -0.2) is 0 Å². The van der Waals surface area contributed by atoms with Crippen LogP contribution in [0.3, 0.4) is 0 Å². The second-order valence-electron chi connectivity index (χ2n) is 5.61. The molecule has 2 aliphatic heterocycles. The van der Waals surface area contributed by atoms with Crippen molar-refractivity contribution in [1.82, 2.24) is 4.90 Å². The number of piperidine rings is 1. The molecule has 2 unspecified atom stereocenters. The van der Waals surface area contributed by atoms with Gasteiger partial charge in [0.1, 0.15) is 0 Å². The normalized spacial score (nSPS) is 28.1. The molecule has 0 amide bonds. The molecule has 0 spiro atoms. The van der Waals surface area contributed by atoms with Crippen molar-refractivity contribution in [2.45, 2.75) is 37.8 Å². The Morgan fingerprint density at radius 1 is 1.26 bits per heavy atom. The van der Waals surface area contributed by atoms with Crippen LogP contribution in [-0.2, 0) is 11.2 Å². The van der Waals surface area contributed by atoms with Gasteiger partial charge in [-0.05, 0) is 36.9 Å². The van der Waals surface area contributed by atoms with E-state index in [0.717, 1.165) is 25.5 Å². The number of likely N-dealkylation sites (tertiary alicyclic amines) is 1. The monoisotopic (exact) mass is 279 g/mol. The lowest BCUT2D eigenvalue weighted by Crippen LogP contribution is -2.43. The van der Waals surface area contributed by atoms with E-state index in [-0.39, 0.29) is 6.10 Å². The first-order chi connectivity index (χ1) is 9.38. The highest BCUT2D eigenvalue weighted by atomic mass is 35.5. The Hall–Kier alpha value is -0.570. The fourth-order valence-corrected chi connectivity index (χ4v) is 3.67. The summed E-state index contributed by atoms with van der Waals surface area (Å²) in [6, 6.07) is 9.24. The molecule has 0 saturated carbocycles. The molecule has 1 aromatic carbocycles. The second-order valence-corrected chi connectivity index (χ2v) is 5.92. The van der Waals surface area contributed by atoms with E-state index in [9.17, 15) is 0 Å². The van der Waals surface area contributed by atoms with Crippen LogP contribution in [0.25, 0.3) is 0 Å². The van der Waals surface area contributed by atoms with Crippen molar-refractivity contribution in [2.75, 3.05) is 25.6 Å². The van der Waals surface area contributed by atoms with E-state index in [1.165, 1.54) is 36.9 Å². The zero-order valence-corrected chi connectivity index (χ0v) is 12.1. The number of hydrogen-bond donors (Lipinski definition) is 0. The molecular formula is C16H22ClNO. The molecule has 0 N–H and O–H groups in total. The quantitative estimate of drug-likeness (QED) is 0.787. The number of fused-ring (bicyclic) bond motifs is 1. The Kier molecular flexibility index (Phi) is 4.42. The first kappa shape index (κ1) is 13.4. The number of ether oxygens (including phenoxy) is 1. The summed E-state index contributed by atoms with van der Waals surface area (Å²) < 4.78 is 6.02. The van der Waals surface area contributed by atoms with Crippen molar-refractivity contribution in [3.8, 4) is 0 Å². The Morgan fingerprint density at radius 2 is 2.16 bits per heavy atom. The van der Waals surface area contributed by atoms with Gasteiger partial charge in [-0.3, -0.25) is 4.90 Å². The van der Waals surface area contributed by atoms with E-state index in [2.05, 4.69) is 29.2 Å². The highest BCUT2D eigenvalue weighted by molar-refractivity contribution is 6.18. The average Bonchev–Trinajstić information content (AvgIpc) is 2.48. The third-order valence-corrected chi connectivity index (χ3v) is 4.78. The molecule has 2 aliphatic rings. The summed E-state index contributed by atoms with van der Waals surface area (Å²) in [6.45, 7) is 3.01. The number of rotatable bonds is 3. The van der Waals surface area contributed by atoms with E-state index in [1.807, 2.05) is 0 Å². The van der Waals surface area contributed by atoms with E-state index in [4.69, 9.17) is 16.3 Å². The molecule has 104 valence electrons. The zero-order chi connectivity index (χ0) is 13.1. The predicted molar refractivity (Wildman–Crippen MR) is 78.8 cm³/mol. The summed E-state index contributed by atoms with van der Waals surface area (Å²) in [5.41, 5.74) is 2.84. The molecule has 3 rings (SSSR count). The van der Waals surface area contributed by atoms with Crippen LogP contribution in [0.2, 0.25) is 0 Å². The molecule has 0 bridgehead atoms. The fourth-order valence-electron chi connectivity index (χ4n) is 3.32. The third-order valence-electron chi connectivity index (χ3n) is 4.42. The van der Waals surface area contributed by atoms with Crippen molar-refractivity contribution in [2.24, 2.45) is 0 Å². The highest BCUT2D eigenvalue weighted by Crippen LogP contribution is 2.29. The summed E-state index contributed by atoms with van der Waals surface area (Å²) in [5.74, 6) is 0.744. The molecule has 0 aromatic heterocycles. The van der Waals surface area contributed by atoms with E-state index in [0.29, 0.717) is 6.04 Å². The van der Waals surface area contributed by atoms with Gasteiger partial charge in [0.2, 0.25) is 0 Å². The summed E-state index contributed by atoms with van der Waals surface area (Å²) in [4.78, 5) is 2.53. The lowest BCUT2D eigenvalue weighted by Gasteiger charge is -2.38. The SMILES string of the molecule is ClCC1CCCCN1CC1OCCc2ccccc21. The largest absolute Gasteiger partial charge is 0.372 e. The van der Waals surface area contributed by atoms with Crippen molar-refractivity contribution in [3.63, 3.8) is 0 Å². The summed E-state index contributed by atoms with van der Waals surface area (Å²) in [7, 11) is 0. The maximum Gasteiger partial charge on any atom is 0.0954 e. The number of nitrogens with zero attached hydrogens (tertiary/aromatic N) is 1. The minimum absolute atomic E-state index is 0.230. The topological polar surface area (TPSA) is 12.5 Å². The van der Waals surface area contributed by atoms with Gasteiger partial charge in [0.05, 0.1) is 12.7 Å². The number of benzene rings is 1. The van der Waals surface area contributed by atoms with Gasteiger partial charge in [-0.15, -0.1) is 11.6 Å². The third kappa shape index (κ3) is 2.96. The van der Waals surface area contributed by atoms with Crippen LogP contribution < -0.4 is 0 Å². The second kappa shape index (κ2) is 6.25. The maximum absolute atomic E-state index is 6.11. The predicted octanol–water partition coefficient (Wildman–Crippen LogP) is 3.39. The molecule has 1 aromatic rings. The van der Waals surface area contributed by atoms with Crippen molar-refractivity contribution in [3.05, 3.63) is 35.4 Å². The lowest BCUT2D eigenvalue weighted by molar-refractivity contribution is 0.00159. The van der Waals surface area contributed by atoms with Crippen LogP contribution in [0.4, 0.5) is 0 Å². The van der Waals surface area contributed by atoms with Crippen LogP contribution >= 0.6 is 11.6 Å². The smallest absolute Gasteiger partial charge is 0.0954 e. The Bertz CT molecular complexity index is 423. The maximum atomic E-state index is 6.11. The van der Waals surface area contributed by atoms with Gasteiger partial charge in [0, 0.05) is 18.5 Å². The molecular weight excluding hydrogens is 258 g/mol. The number of hydrogen-bond acceptors (Lipinski definition) is 2. The Balaban J connectivity index is 1.73. The summed E-state index contributed by atoms with van der Waals surface area (Å²) in [6.07, 6.45) is 5.12. The standard InChI is InChI=1S/C16H22ClNO/c17-11-14-6-3-4-9-18(14)12-16-15-7-2-1-5-13(15)8-10-19-16/h1-2,5,7,14,16H,3-4,6,8-12H2. The summed E-state index contributed by atoms with van der Waals surface area (Å²) in [5, 5.41) is 0. The van der Waals surface area contributed by atoms with Crippen molar-refractivity contribution in [1.29, 1.82) is 0 Å². The van der Waals surface area contributed by atoms with Crippen LogP contribution in [0.5, 0.6) is 0 Å².